The maximum Gasteiger partial charge on any atom is 0.296 e. The van der Waals surface area contributed by atoms with Crippen molar-refractivity contribution in [3.63, 3.8) is 0 Å². The lowest BCUT2D eigenvalue weighted by atomic mass is 10.1. The Labute approximate surface area is 390 Å². The molecule has 0 aliphatic carbocycles. The molecule has 0 aliphatic rings. The van der Waals surface area contributed by atoms with Crippen molar-refractivity contribution in [2.75, 3.05) is 38.8 Å². The van der Waals surface area contributed by atoms with Gasteiger partial charge in [0.25, 0.3) is 30.4 Å². The minimum Gasteiger partial charge on any atom is -0.507 e. The smallest absolute Gasteiger partial charge is 0.296 e. The Morgan fingerprint density at radius 3 is 1.68 bits per heavy atom. The molecule has 68 heavy (non-hydrogen) atoms. The Hall–Kier alpha value is -6.39. The topological polar surface area (TPSA) is 372 Å². The summed E-state index contributed by atoms with van der Waals surface area (Å²) in [7, 11) is -15.2. The highest BCUT2D eigenvalue weighted by atomic mass is 32.2. The van der Waals surface area contributed by atoms with Crippen LogP contribution in [0.2, 0.25) is 0 Å². The second-order valence-electron chi connectivity index (χ2n) is 14.8. The van der Waals surface area contributed by atoms with E-state index >= 15 is 0 Å². The van der Waals surface area contributed by atoms with Gasteiger partial charge in [0.1, 0.15) is 74.4 Å². The average Bonchev–Trinajstić information content (AvgIpc) is 3.27. The van der Waals surface area contributed by atoms with Crippen molar-refractivity contribution in [1.29, 1.82) is 0 Å². The van der Waals surface area contributed by atoms with Gasteiger partial charge in [0.05, 0.1) is 41.5 Å². The van der Waals surface area contributed by atoms with E-state index in [9.17, 15) is 59.3 Å². The highest BCUT2D eigenvalue weighted by molar-refractivity contribution is 7.86. The van der Waals surface area contributed by atoms with E-state index in [1.54, 1.807) is 18.2 Å². The molecule has 0 unspecified atom stereocenters. The number of hydrogen-bond acceptors (Lipinski definition) is 20. The molecule has 0 saturated heterocycles. The third-order valence-electron chi connectivity index (χ3n) is 9.70. The molecule has 23 nitrogen and oxygen atoms in total. The maximum atomic E-state index is 12.6. The van der Waals surface area contributed by atoms with Gasteiger partial charge in [0, 0.05) is 24.3 Å². The van der Waals surface area contributed by atoms with E-state index in [2.05, 4.69) is 37.6 Å². The van der Waals surface area contributed by atoms with Crippen molar-refractivity contribution >= 4 is 80.9 Å². The van der Waals surface area contributed by atoms with Crippen LogP contribution in [-0.4, -0.2) is 92.4 Å². The molecule has 0 amide bonds. The molecule has 0 saturated carbocycles. The second-order valence-corrected chi connectivity index (χ2v) is 19.0. The van der Waals surface area contributed by atoms with Gasteiger partial charge in [-0.05, 0) is 54.3 Å². The Kier molecular flexibility index (Phi) is 18.2. The minimum absolute atomic E-state index is 0.0277. The first-order valence-corrected chi connectivity index (χ1v) is 25.1. The third kappa shape index (κ3) is 14.3. The molecule has 0 aromatic heterocycles. The Morgan fingerprint density at radius 2 is 1.10 bits per heavy atom. The number of unbranched alkanes of at least 4 members (excludes halogenated alkanes) is 7. The van der Waals surface area contributed by atoms with Crippen molar-refractivity contribution < 1.29 is 73.5 Å². The molecule has 366 valence electrons. The van der Waals surface area contributed by atoms with Crippen LogP contribution in [0, 0.1) is 0 Å². The van der Waals surface area contributed by atoms with Crippen LogP contribution in [0.1, 0.15) is 58.3 Å². The van der Waals surface area contributed by atoms with Crippen molar-refractivity contribution in [3.8, 4) is 28.7 Å². The van der Waals surface area contributed by atoms with Gasteiger partial charge < -0.3 is 40.4 Å². The summed E-state index contributed by atoms with van der Waals surface area (Å²) < 4.78 is 120. The fraction of sp³-hybridized carbons (Fsp3) is 0.333. The van der Waals surface area contributed by atoms with Crippen LogP contribution in [0.25, 0.3) is 10.8 Å². The molecule has 0 bridgehead atoms. The number of fused-ring (bicyclic) bond motifs is 1. The summed E-state index contributed by atoms with van der Waals surface area (Å²) in [5.74, 6) is -2.00. The first kappa shape index (κ1) is 52.6. The number of azo groups is 3. The van der Waals surface area contributed by atoms with Crippen molar-refractivity contribution in [2.24, 2.45) is 30.7 Å². The number of aliphatic hydroxyl groups excluding tert-OH is 2. The molecule has 0 heterocycles. The quantitative estimate of drug-likeness (QED) is 0.0117. The summed E-state index contributed by atoms with van der Waals surface area (Å²) in [6.45, 7) is 0.873. The first-order valence-electron chi connectivity index (χ1n) is 20.8. The molecule has 5 rings (SSSR count). The Balaban J connectivity index is 1.44. The monoisotopic (exact) mass is 1000 g/mol. The van der Waals surface area contributed by atoms with Crippen LogP contribution in [0.15, 0.2) is 112 Å². The number of nitrogen functional groups attached to an aromatic ring is 1. The van der Waals surface area contributed by atoms with E-state index in [0.29, 0.717) is 30.6 Å². The number of nitrogens with two attached hydrogens (primary N) is 1. The van der Waals surface area contributed by atoms with Crippen LogP contribution in [0.3, 0.4) is 0 Å². The van der Waals surface area contributed by atoms with E-state index in [0.717, 1.165) is 43.5 Å². The number of ether oxygens (including phenoxy) is 3. The number of phenolic OH excluding ortho intramolecular Hbond substituents is 2. The van der Waals surface area contributed by atoms with E-state index in [4.69, 9.17) is 19.9 Å². The molecule has 26 heteroatoms. The molecule has 0 aliphatic heterocycles. The van der Waals surface area contributed by atoms with E-state index in [-0.39, 0.29) is 53.1 Å². The lowest BCUT2D eigenvalue weighted by molar-refractivity contribution is 0.198. The summed E-state index contributed by atoms with van der Waals surface area (Å²) in [6, 6.07) is 12.4. The van der Waals surface area contributed by atoms with Gasteiger partial charge in [-0.25, -0.2) is 0 Å². The molecule has 9 N–H and O–H groups in total. The van der Waals surface area contributed by atoms with Crippen LogP contribution < -0.4 is 19.9 Å². The molecule has 5 aromatic rings. The number of rotatable bonds is 25. The summed E-state index contributed by atoms with van der Waals surface area (Å²) in [6.07, 6.45) is 9.26. The second kappa shape index (κ2) is 23.6. The fourth-order valence-corrected chi connectivity index (χ4v) is 8.27. The number of aromatic hydroxyl groups is 2. The van der Waals surface area contributed by atoms with Gasteiger partial charge >= 0.3 is 0 Å². The average molecular weight is 1000 g/mol. The minimum atomic E-state index is -5.27. The first-order chi connectivity index (χ1) is 32.2. The molecule has 0 radical (unpaired) electrons. The van der Waals surface area contributed by atoms with E-state index in [1.165, 1.54) is 38.2 Å². The van der Waals surface area contributed by atoms with Gasteiger partial charge in [-0.1, -0.05) is 51.9 Å². The predicted octanol–water partition coefficient (Wildman–Crippen LogP) is 9.08. The van der Waals surface area contributed by atoms with Crippen molar-refractivity contribution in [1.82, 2.24) is 0 Å². The van der Waals surface area contributed by atoms with Crippen LogP contribution >= 0.6 is 0 Å². The van der Waals surface area contributed by atoms with E-state index < -0.39 is 91.9 Å². The van der Waals surface area contributed by atoms with Crippen LogP contribution in [-0.2, 0) is 30.4 Å². The summed E-state index contributed by atoms with van der Waals surface area (Å²) >= 11 is 0. The zero-order valence-electron chi connectivity index (χ0n) is 36.3. The number of nitrogens with zero attached hydrogens (tertiary/aromatic N) is 6. The molecule has 0 fully saturated rings. The normalized spacial score (nSPS) is 12.5. The summed E-state index contributed by atoms with van der Waals surface area (Å²) in [5, 5.41) is 63.6. The lowest BCUT2D eigenvalue weighted by Gasteiger charge is -2.13. The highest BCUT2D eigenvalue weighted by Gasteiger charge is 2.26. The van der Waals surface area contributed by atoms with Gasteiger partial charge in [0.2, 0.25) is 0 Å². The molecular weight excluding hydrogens is 955 g/mol. The summed E-state index contributed by atoms with van der Waals surface area (Å²) in [4.78, 5) is -2.73. The SMILES string of the molecule is CCCCCCCCCCOc1ccc(N=Nc2ccc(N=Nc3cc(OCCO)c(N=Nc4c(S(=O)(=O)O)cc5cc(S(=O)(=O)O)cc(O)c5c4O)cc3OCCO)c(S(=O)(=O)O)c2)c(N)c1. The predicted molar refractivity (Wildman–Crippen MR) is 246 cm³/mol. The lowest BCUT2D eigenvalue weighted by Crippen LogP contribution is -2.04. The standard InChI is InChI=1S/C42H49N7O16S3/c1-2-3-4-5-6-7-8-9-16-63-28-11-13-31(30(43)22-28)45-44-27-10-12-32(38(21-27)67(57,58)59)46-47-33-24-37(65-18-15-51)34(25-36(33)64-17-14-50)48-49-41-39(68(60,61)62)20-26-19-29(66(54,55)56)23-35(52)40(26)42(41)53/h10-13,19-25,50-53H,2-9,14-18,43H2,1H3,(H,54,55,56)(H,57,58,59)(H,60,61,62). The van der Waals surface area contributed by atoms with Gasteiger partial charge in [-0.2, -0.15) is 30.4 Å². The van der Waals surface area contributed by atoms with Gasteiger partial charge in [-0.3, -0.25) is 13.7 Å². The number of hydrogen-bond donors (Lipinski definition) is 8. The molecular formula is C42H49N7O16S3. The Morgan fingerprint density at radius 1 is 0.544 bits per heavy atom. The molecule has 0 spiro atoms. The summed E-state index contributed by atoms with van der Waals surface area (Å²) in [5.41, 5.74) is 4.76. The largest absolute Gasteiger partial charge is 0.507 e. The zero-order chi connectivity index (χ0) is 49.6. The van der Waals surface area contributed by atoms with Crippen molar-refractivity contribution in [2.45, 2.75) is 73.0 Å². The van der Waals surface area contributed by atoms with Gasteiger partial charge in [0.15, 0.2) is 5.75 Å². The van der Waals surface area contributed by atoms with Crippen LogP contribution in [0.4, 0.5) is 39.8 Å². The number of phenols is 2. The van der Waals surface area contributed by atoms with Crippen molar-refractivity contribution in [3.05, 3.63) is 66.7 Å². The number of benzene rings is 5. The molecule has 5 aromatic carbocycles. The van der Waals surface area contributed by atoms with Crippen LogP contribution in [0.5, 0.6) is 28.7 Å². The molecule has 0 atom stereocenters. The maximum absolute atomic E-state index is 12.6. The van der Waals surface area contributed by atoms with Gasteiger partial charge in [-0.15, -0.1) is 25.6 Å². The number of aliphatic hydroxyl groups is 2. The fourth-order valence-electron chi connectivity index (χ4n) is 6.43. The Bertz CT molecular complexity index is 3040. The van der Waals surface area contributed by atoms with E-state index in [1.807, 2.05) is 0 Å². The highest BCUT2D eigenvalue weighted by Crippen LogP contribution is 2.47. The zero-order valence-corrected chi connectivity index (χ0v) is 38.8. The third-order valence-corrected chi connectivity index (χ3v) is 12.3. The number of anilines is 1.